The quantitative estimate of drug-likeness (QED) is 0.296. The fraction of sp³-hybridized carbons (Fsp3) is 0.833. The summed E-state index contributed by atoms with van der Waals surface area (Å²) in [6.07, 6.45) is 3.75. The monoisotopic (exact) mass is 273 g/mol. The third-order valence-electron chi connectivity index (χ3n) is 3.33. The van der Waals surface area contributed by atoms with Gasteiger partial charge in [-0.25, -0.2) is 0 Å². The van der Waals surface area contributed by atoms with Crippen LogP contribution in [-0.4, -0.2) is 34.0 Å². The molecule has 0 aliphatic heterocycles. The molecule has 0 aromatic heterocycles. The summed E-state index contributed by atoms with van der Waals surface area (Å²) >= 11 is 1.95. The van der Waals surface area contributed by atoms with E-state index in [1.165, 1.54) is 0 Å². The number of nitrogens with two attached hydrogens (primary N) is 1. The van der Waals surface area contributed by atoms with E-state index in [0.717, 1.165) is 25.0 Å². The number of hydrogen-bond acceptors (Lipinski definition) is 4. The molecule has 104 valence electrons. The van der Waals surface area contributed by atoms with E-state index in [2.05, 4.69) is 17.4 Å². The highest BCUT2D eigenvalue weighted by atomic mass is 32.2. The fourth-order valence-electron chi connectivity index (χ4n) is 2.36. The molecule has 0 aromatic carbocycles. The first-order valence-corrected chi connectivity index (χ1v) is 7.56. The molecule has 18 heavy (non-hydrogen) atoms. The van der Waals surface area contributed by atoms with Gasteiger partial charge in [-0.2, -0.15) is 11.8 Å². The van der Waals surface area contributed by atoms with Crippen molar-refractivity contribution in [2.45, 2.75) is 50.8 Å². The van der Waals surface area contributed by atoms with Gasteiger partial charge >= 0.3 is 0 Å². The van der Waals surface area contributed by atoms with E-state index in [1.54, 1.807) is 0 Å². The second kappa shape index (κ2) is 7.51. The first kappa shape index (κ1) is 15.1. The minimum atomic E-state index is -0.520. The zero-order chi connectivity index (χ0) is 13.5. The Kier molecular flexibility index (Phi) is 6.32. The predicted molar refractivity (Wildman–Crippen MR) is 74.9 cm³/mol. The first-order chi connectivity index (χ1) is 8.62. The van der Waals surface area contributed by atoms with Crippen LogP contribution in [0.2, 0.25) is 0 Å². The van der Waals surface area contributed by atoms with Crippen molar-refractivity contribution in [3.8, 4) is 0 Å². The number of nitrogens with zero attached hydrogens (tertiary/aromatic N) is 1. The Balaban J connectivity index is 2.45. The molecule has 0 bridgehead atoms. The number of thioether (sulfide) groups is 1. The lowest BCUT2D eigenvalue weighted by Gasteiger charge is -2.18. The van der Waals surface area contributed by atoms with Crippen LogP contribution in [-0.2, 0) is 4.79 Å². The number of oxime groups is 1. The summed E-state index contributed by atoms with van der Waals surface area (Å²) in [6, 6.07) is 0.238. The minimum absolute atomic E-state index is 0.00696. The second-order valence-electron chi connectivity index (χ2n) is 4.58. The summed E-state index contributed by atoms with van der Waals surface area (Å²) in [7, 11) is 0. The number of amidine groups is 1. The summed E-state index contributed by atoms with van der Waals surface area (Å²) in [6.45, 7) is 4.01. The molecule has 3 atom stereocenters. The maximum atomic E-state index is 12.0. The lowest BCUT2D eigenvalue weighted by Crippen LogP contribution is -2.42. The number of amides is 1. The van der Waals surface area contributed by atoms with E-state index in [-0.39, 0.29) is 17.8 Å². The van der Waals surface area contributed by atoms with Gasteiger partial charge in [0.05, 0.1) is 5.92 Å². The van der Waals surface area contributed by atoms with Crippen molar-refractivity contribution in [1.82, 2.24) is 5.32 Å². The fourth-order valence-corrected chi connectivity index (χ4v) is 3.50. The van der Waals surface area contributed by atoms with Gasteiger partial charge in [0.15, 0.2) is 5.84 Å². The highest BCUT2D eigenvalue weighted by Crippen LogP contribution is 2.29. The van der Waals surface area contributed by atoms with Crippen molar-refractivity contribution in [2.75, 3.05) is 5.75 Å². The number of nitrogens with one attached hydrogen (secondary N) is 1. The molecule has 3 unspecified atom stereocenters. The molecule has 1 rings (SSSR count). The van der Waals surface area contributed by atoms with E-state index in [1.807, 2.05) is 18.7 Å². The highest BCUT2D eigenvalue weighted by molar-refractivity contribution is 7.99. The molecule has 0 aromatic rings. The zero-order valence-corrected chi connectivity index (χ0v) is 11.9. The Morgan fingerprint density at radius 1 is 1.56 bits per heavy atom. The van der Waals surface area contributed by atoms with Crippen LogP contribution >= 0.6 is 11.8 Å². The molecule has 4 N–H and O–H groups in total. The van der Waals surface area contributed by atoms with E-state index in [0.29, 0.717) is 11.7 Å². The Labute approximate surface area is 113 Å². The lowest BCUT2D eigenvalue weighted by molar-refractivity contribution is -0.123. The minimum Gasteiger partial charge on any atom is -0.409 e. The maximum Gasteiger partial charge on any atom is 0.231 e. The molecule has 0 heterocycles. The van der Waals surface area contributed by atoms with Crippen LogP contribution in [0.4, 0.5) is 0 Å². The Morgan fingerprint density at radius 3 is 2.83 bits per heavy atom. The van der Waals surface area contributed by atoms with Gasteiger partial charge in [-0.15, -0.1) is 0 Å². The van der Waals surface area contributed by atoms with E-state index < -0.39 is 5.92 Å². The highest BCUT2D eigenvalue weighted by Gasteiger charge is 2.29. The number of carbonyl (C=O) groups excluding carboxylic acids is 1. The molecular weight excluding hydrogens is 250 g/mol. The molecular formula is C12H23N3O2S. The zero-order valence-electron chi connectivity index (χ0n) is 11.1. The van der Waals surface area contributed by atoms with Crippen LogP contribution < -0.4 is 11.1 Å². The standard InChI is InChI=1S/C12H23N3O2S/c1-3-10(11(13)15-17)12(16)14-8-5-6-9(7-8)18-4-2/h8-10,17H,3-7H2,1-2H3,(H2,13,15)(H,14,16). The number of carbonyl (C=O) groups is 1. The largest absolute Gasteiger partial charge is 0.409 e. The van der Waals surface area contributed by atoms with Crippen molar-refractivity contribution in [3.63, 3.8) is 0 Å². The molecule has 1 saturated carbocycles. The van der Waals surface area contributed by atoms with Gasteiger partial charge in [-0.05, 0) is 31.4 Å². The Hall–Kier alpha value is -0.910. The van der Waals surface area contributed by atoms with Crippen molar-refractivity contribution in [1.29, 1.82) is 0 Å². The maximum absolute atomic E-state index is 12.0. The second-order valence-corrected chi connectivity index (χ2v) is 6.16. The van der Waals surface area contributed by atoms with Gasteiger partial charge in [0.25, 0.3) is 0 Å². The average molecular weight is 273 g/mol. The summed E-state index contributed by atoms with van der Waals surface area (Å²) in [5.41, 5.74) is 5.51. The molecule has 1 fully saturated rings. The molecule has 6 heteroatoms. The van der Waals surface area contributed by atoms with E-state index >= 15 is 0 Å². The summed E-state index contributed by atoms with van der Waals surface area (Å²) in [5.74, 6) is 0.466. The SMILES string of the molecule is CCSC1CCC(NC(=O)C(CC)C(N)=NO)C1. The van der Waals surface area contributed by atoms with Crippen molar-refractivity contribution in [3.05, 3.63) is 0 Å². The predicted octanol–water partition coefficient (Wildman–Crippen LogP) is 1.55. The third kappa shape index (κ3) is 4.08. The van der Waals surface area contributed by atoms with Crippen LogP contribution in [0.25, 0.3) is 0 Å². The Morgan fingerprint density at radius 2 is 2.28 bits per heavy atom. The summed E-state index contributed by atoms with van der Waals surface area (Å²) in [4.78, 5) is 12.0. The van der Waals surface area contributed by atoms with Crippen LogP contribution in [0.5, 0.6) is 0 Å². The summed E-state index contributed by atoms with van der Waals surface area (Å²) < 4.78 is 0. The normalized spacial score (nSPS) is 26.0. The van der Waals surface area contributed by atoms with Crippen molar-refractivity contribution in [2.24, 2.45) is 16.8 Å². The van der Waals surface area contributed by atoms with E-state index in [9.17, 15) is 4.79 Å². The van der Waals surface area contributed by atoms with Gasteiger partial charge in [0, 0.05) is 11.3 Å². The lowest BCUT2D eigenvalue weighted by atomic mass is 10.0. The summed E-state index contributed by atoms with van der Waals surface area (Å²) in [5, 5.41) is 15.2. The first-order valence-electron chi connectivity index (χ1n) is 6.51. The van der Waals surface area contributed by atoms with Gasteiger partial charge < -0.3 is 16.3 Å². The third-order valence-corrected chi connectivity index (χ3v) is 4.56. The molecule has 1 aliphatic carbocycles. The number of hydrogen-bond donors (Lipinski definition) is 3. The van der Waals surface area contributed by atoms with Gasteiger partial charge in [-0.3, -0.25) is 4.79 Å². The van der Waals surface area contributed by atoms with Crippen LogP contribution in [0, 0.1) is 5.92 Å². The molecule has 0 spiro atoms. The molecule has 5 nitrogen and oxygen atoms in total. The molecule has 0 radical (unpaired) electrons. The van der Waals surface area contributed by atoms with Crippen molar-refractivity contribution < 1.29 is 10.0 Å². The average Bonchev–Trinajstić information content (AvgIpc) is 2.77. The van der Waals surface area contributed by atoms with Crippen molar-refractivity contribution >= 4 is 23.5 Å². The van der Waals surface area contributed by atoms with Crippen LogP contribution in [0.3, 0.4) is 0 Å². The molecule has 0 saturated heterocycles. The van der Waals surface area contributed by atoms with Gasteiger partial charge in [-0.1, -0.05) is 19.0 Å². The topological polar surface area (TPSA) is 87.7 Å². The van der Waals surface area contributed by atoms with E-state index in [4.69, 9.17) is 10.9 Å². The van der Waals surface area contributed by atoms with Gasteiger partial charge in [0.1, 0.15) is 0 Å². The Bertz CT molecular complexity index is 310. The van der Waals surface area contributed by atoms with Crippen LogP contribution in [0.1, 0.15) is 39.5 Å². The smallest absolute Gasteiger partial charge is 0.231 e. The molecule has 1 amide bonds. The van der Waals surface area contributed by atoms with Crippen LogP contribution in [0.15, 0.2) is 5.16 Å². The van der Waals surface area contributed by atoms with Gasteiger partial charge in [0.2, 0.25) is 5.91 Å². The molecule has 1 aliphatic rings. The number of rotatable bonds is 6.